The molecular weight excluding hydrogens is 322 g/mol. The van der Waals surface area contributed by atoms with E-state index in [2.05, 4.69) is 10.3 Å². The third-order valence-corrected chi connectivity index (χ3v) is 5.37. The lowest BCUT2D eigenvalue weighted by atomic mass is 9.93. The van der Waals surface area contributed by atoms with Crippen molar-refractivity contribution < 1.29 is 14.3 Å². The summed E-state index contributed by atoms with van der Waals surface area (Å²) in [4.78, 5) is 29.8. The number of thiazole rings is 1. The molecule has 0 aromatic carbocycles. The van der Waals surface area contributed by atoms with Gasteiger partial charge in [0.2, 0.25) is 5.91 Å². The first kappa shape index (κ1) is 15.8. The molecule has 0 aliphatic carbocycles. The van der Waals surface area contributed by atoms with Crippen LogP contribution in [0.5, 0.6) is 0 Å². The molecule has 2 aliphatic heterocycles. The van der Waals surface area contributed by atoms with Crippen LogP contribution in [0.4, 0.5) is 0 Å². The molecule has 2 amide bonds. The monoisotopic (exact) mass is 341 g/mol. The van der Waals surface area contributed by atoms with Crippen molar-refractivity contribution in [2.45, 2.75) is 6.10 Å². The zero-order valence-electron chi connectivity index (χ0n) is 12.4. The molecule has 2 aliphatic rings. The number of nitrogens with one attached hydrogen (secondary N) is 1. The number of likely N-dealkylation sites (tertiary alicyclic amines) is 1. The first-order valence-electron chi connectivity index (χ1n) is 7.23. The molecule has 1 aromatic rings. The summed E-state index contributed by atoms with van der Waals surface area (Å²) < 4.78 is 5.81. The van der Waals surface area contributed by atoms with Gasteiger partial charge in [-0.2, -0.15) is 11.8 Å². The molecule has 0 unspecified atom stereocenters. The van der Waals surface area contributed by atoms with Crippen LogP contribution in [0, 0.1) is 11.8 Å². The fourth-order valence-corrected chi connectivity index (χ4v) is 4.03. The zero-order chi connectivity index (χ0) is 15.5. The first-order valence-corrected chi connectivity index (χ1v) is 9.57. The third kappa shape index (κ3) is 3.28. The molecule has 8 heteroatoms. The Kier molecular flexibility index (Phi) is 5.00. The van der Waals surface area contributed by atoms with Gasteiger partial charge in [0.05, 0.1) is 24.0 Å². The van der Waals surface area contributed by atoms with E-state index >= 15 is 0 Å². The number of aromatic nitrogens is 1. The van der Waals surface area contributed by atoms with Gasteiger partial charge in [-0.05, 0) is 6.26 Å². The quantitative estimate of drug-likeness (QED) is 0.854. The second kappa shape index (κ2) is 6.97. The molecule has 0 spiro atoms. The molecule has 0 radical (unpaired) electrons. The van der Waals surface area contributed by atoms with Gasteiger partial charge in [0.15, 0.2) is 0 Å². The van der Waals surface area contributed by atoms with Gasteiger partial charge in [-0.1, -0.05) is 0 Å². The van der Waals surface area contributed by atoms with E-state index in [1.807, 2.05) is 11.2 Å². The largest absolute Gasteiger partial charge is 0.376 e. The summed E-state index contributed by atoms with van der Waals surface area (Å²) >= 11 is 2.95. The molecule has 1 N–H and O–H groups in total. The summed E-state index contributed by atoms with van der Waals surface area (Å²) in [6, 6.07) is 0. The highest BCUT2D eigenvalue weighted by molar-refractivity contribution is 7.99. The molecule has 3 rings (SSSR count). The number of rotatable bonds is 5. The summed E-state index contributed by atoms with van der Waals surface area (Å²) in [5, 5.41) is 4.66. The molecule has 6 nitrogen and oxygen atoms in total. The third-order valence-electron chi connectivity index (χ3n) is 4.25. The van der Waals surface area contributed by atoms with E-state index < -0.39 is 0 Å². The molecule has 3 heterocycles. The Bertz CT molecular complexity index is 537. The second-order valence-electron chi connectivity index (χ2n) is 5.61. The maximum absolute atomic E-state index is 12.0. The molecule has 2 fully saturated rings. The number of carbonyl (C=O) groups excluding carboxylic acids is 2. The van der Waals surface area contributed by atoms with Crippen LogP contribution < -0.4 is 5.32 Å². The summed E-state index contributed by atoms with van der Waals surface area (Å²) in [7, 11) is 0. The Labute approximate surface area is 137 Å². The van der Waals surface area contributed by atoms with E-state index in [0.29, 0.717) is 37.1 Å². The van der Waals surface area contributed by atoms with Crippen molar-refractivity contribution in [3.05, 3.63) is 16.6 Å². The van der Waals surface area contributed by atoms with E-state index in [4.69, 9.17) is 4.74 Å². The highest BCUT2D eigenvalue weighted by Gasteiger charge is 2.44. The van der Waals surface area contributed by atoms with Crippen LogP contribution in [0.1, 0.15) is 10.5 Å². The van der Waals surface area contributed by atoms with Crippen LogP contribution in [0.3, 0.4) is 0 Å². The van der Waals surface area contributed by atoms with Gasteiger partial charge in [-0.25, -0.2) is 4.98 Å². The number of ether oxygens (including phenoxy) is 1. The van der Waals surface area contributed by atoms with Crippen LogP contribution in [0.25, 0.3) is 0 Å². The minimum absolute atomic E-state index is 0.118. The predicted molar refractivity (Wildman–Crippen MR) is 86.1 cm³/mol. The zero-order valence-corrected chi connectivity index (χ0v) is 14.0. The molecule has 22 heavy (non-hydrogen) atoms. The van der Waals surface area contributed by atoms with Gasteiger partial charge in [-0.3, -0.25) is 9.59 Å². The Balaban J connectivity index is 1.51. The smallest absolute Gasteiger partial charge is 0.270 e. The Hall–Kier alpha value is -1.12. The number of fused-ring (bicyclic) bond motifs is 1. The van der Waals surface area contributed by atoms with Crippen molar-refractivity contribution >= 4 is 34.9 Å². The maximum Gasteiger partial charge on any atom is 0.270 e. The molecule has 0 saturated carbocycles. The van der Waals surface area contributed by atoms with Crippen molar-refractivity contribution in [2.24, 2.45) is 11.8 Å². The molecule has 1 aromatic heterocycles. The topological polar surface area (TPSA) is 71.5 Å². The first-order chi connectivity index (χ1) is 10.7. The molecule has 0 bridgehead atoms. The summed E-state index contributed by atoms with van der Waals surface area (Å²) in [5.41, 5.74) is 2.11. The molecule has 3 atom stereocenters. The van der Waals surface area contributed by atoms with E-state index in [1.54, 1.807) is 22.7 Å². The van der Waals surface area contributed by atoms with Crippen LogP contribution in [-0.4, -0.2) is 66.1 Å². The average Bonchev–Trinajstić information content (AvgIpc) is 3.22. The summed E-state index contributed by atoms with van der Waals surface area (Å²) in [6.45, 7) is 2.64. The highest BCUT2D eigenvalue weighted by Crippen LogP contribution is 2.33. The van der Waals surface area contributed by atoms with Gasteiger partial charge < -0.3 is 15.0 Å². The number of thioether (sulfide) groups is 1. The van der Waals surface area contributed by atoms with Crippen molar-refractivity contribution in [3.8, 4) is 0 Å². The average molecular weight is 341 g/mol. The van der Waals surface area contributed by atoms with Crippen LogP contribution in [-0.2, 0) is 9.53 Å². The van der Waals surface area contributed by atoms with E-state index in [9.17, 15) is 9.59 Å². The van der Waals surface area contributed by atoms with Crippen molar-refractivity contribution in [1.29, 1.82) is 0 Å². The molecule has 120 valence electrons. The van der Waals surface area contributed by atoms with Gasteiger partial charge in [-0.15, -0.1) is 11.3 Å². The Morgan fingerprint density at radius 1 is 1.55 bits per heavy atom. The van der Waals surface area contributed by atoms with Crippen LogP contribution in [0.15, 0.2) is 10.9 Å². The second-order valence-corrected chi connectivity index (χ2v) is 7.20. The van der Waals surface area contributed by atoms with Crippen molar-refractivity contribution in [2.75, 3.05) is 38.2 Å². The van der Waals surface area contributed by atoms with Gasteiger partial charge in [0, 0.05) is 36.9 Å². The summed E-state index contributed by atoms with van der Waals surface area (Å²) in [5.74, 6) is 1.14. The van der Waals surface area contributed by atoms with Crippen LogP contribution >= 0.6 is 23.1 Å². The molecule has 2 saturated heterocycles. The van der Waals surface area contributed by atoms with Crippen molar-refractivity contribution in [1.82, 2.24) is 15.2 Å². The van der Waals surface area contributed by atoms with E-state index in [-0.39, 0.29) is 23.8 Å². The minimum atomic E-state index is -0.141. The van der Waals surface area contributed by atoms with Crippen molar-refractivity contribution in [3.63, 3.8) is 0 Å². The van der Waals surface area contributed by atoms with E-state index in [0.717, 1.165) is 6.54 Å². The predicted octanol–water partition coefficient (Wildman–Crippen LogP) is 0.709. The summed E-state index contributed by atoms with van der Waals surface area (Å²) in [6.07, 6.45) is 2.05. The van der Waals surface area contributed by atoms with Gasteiger partial charge >= 0.3 is 0 Å². The van der Waals surface area contributed by atoms with E-state index in [1.165, 1.54) is 11.3 Å². The number of nitrogens with zero attached hydrogens (tertiary/aromatic N) is 2. The SMILES string of the molecule is CSCC(=O)N1C[C@@H]2[C@@H](CNC(=O)c3cscn3)CO[C@@H]2C1. The fraction of sp³-hybridized carbons (Fsp3) is 0.643. The van der Waals surface area contributed by atoms with Gasteiger partial charge in [0.25, 0.3) is 5.91 Å². The lowest BCUT2D eigenvalue weighted by Gasteiger charge is -2.19. The lowest BCUT2D eigenvalue weighted by Crippen LogP contribution is -2.36. The highest BCUT2D eigenvalue weighted by atomic mass is 32.2. The molecular formula is C14H19N3O3S2. The lowest BCUT2D eigenvalue weighted by molar-refractivity contribution is -0.128. The number of hydrogen-bond donors (Lipinski definition) is 1. The van der Waals surface area contributed by atoms with Gasteiger partial charge in [0.1, 0.15) is 5.69 Å². The fourth-order valence-electron chi connectivity index (χ4n) is 3.07. The minimum Gasteiger partial charge on any atom is -0.376 e. The number of carbonyl (C=O) groups is 2. The standard InChI is InChI=1S/C14H19N3O3S2/c1-21-7-13(18)17-3-10-9(5-20-12(10)4-17)2-15-14(19)11-6-22-8-16-11/h6,8-10,12H,2-5,7H2,1H3,(H,15,19)/t9-,10+,12+/m0/s1. The number of amides is 2. The normalized spacial score (nSPS) is 27.0. The van der Waals surface area contributed by atoms with Crippen LogP contribution in [0.2, 0.25) is 0 Å². The maximum atomic E-state index is 12.0. The Morgan fingerprint density at radius 3 is 3.14 bits per heavy atom. The number of hydrogen-bond acceptors (Lipinski definition) is 6. The Morgan fingerprint density at radius 2 is 2.41 bits per heavy atom.